The molecule has 0 fully saturated rings. The summed E-state index contributed by atoms with van der Waals surface area (Å²) in [4.78, 5) is 1.39. The number of benzene rings is 1. The van der Waals surface area contributed by atoms with E-state index in [2.05, 4.69) is 31.2 Å². The minimum absolute atomic E-state index is 0.938. The first-order valence-corrected chi connectivity index (χ1v) is 6.10. The second kappa shape index (κ2) is 3.11. The number of nitrogens with two attached hydrogens (primary N) is 1. The van der Waals surface area contributed by atoms with Crippen molar-refractivity contribution in [2.45, 2.75) is 19.8 Å². The number of hydrogen-bond donors (Lipinski definition) is 1. The molecule has 2 N–H and O–H groups in total. The maximum absolute atomic E-state index is 5.84. The Bertz CT molecular complexity index is 525. The van der Waals surface area contributed by atoms with Crippen molar-refractivity contribution in [1.29, 1.82) is 0 Å². The summed E-state index contributed by atoms with van der Waals surface area (Å²) in [6, 6.07) is 8.93. The van der Waals surface area contributed by atoms with Gasteiger partial charge in [-0.2, -0.15) is 0 Å². The maximum Gasteiger partial charge on any atom is 0.0865 e. The van der Waals surface area contributed by atoms with Crippen LogP contribution in [0.1, 0.15) is 23.6 Å². The smallest absolute Gasteiger partial charge is 0.0865 e. The number of rotatable bonds is 1. The van der Waals surface area contributed by atoms with Gasteiger partial charge in [0.05, 0.1) is 5.00 Å². The summed E-state index contributed by atoms with van der Waals surface area (Å²) in [7, 11) is 0. The average molecular weight is 215 g/mol. The molecule has 2 aromatic rings. The highest BCUT2D eigenvalue weighted by molar-refractivity contribution is 7.19. The molecular formula is C13H13NS. The van der Waals surface area contributed by atoms with E-state index in [0.717, 1.165) is 17.8 Å². The van der Waals surface area contributed by atoms with Crippen LogP contribution in [0.5, 0.6) is 0 Å². The van der Waals surface area contributed by atoms with Crippen molar-refractivity contribution in [3.63, 3.8) is 0 Å². The van der Waals surface area contributed by atoms with Gasteiger partial charge >= 0.3 is 0 Å². The van der Waals surface area contributed by atoms with Gasteiger partial charge in [0.1, 0.15) is 0 Å². The summed E-state index contributed by atoms with van der Waals surface area (Å²) in [5.74, 6) is 0. The predicted molar refractivity (Wildman–Crippen MR) is 66.4 cm³/mol. The van der Waals surface area contributed by atoms with Crippen LogP contribution in [-0.4, -0.2) is 0 Å². The van der Waals surface area contributed by atoms with Crippen LogP contribution in [0.15, 0.2) is 24.3 Å². The van der Waals surface area contributed by atoms with E-state index in [-0.39, 0.29) is 0 Å². The van der Waals surface area contributed by atoms with E-state index in [1.54, 1.807) is 11.3 Å². The quantitative estimate of drug-likeness (QED) is 0.661. The third-order valence-electron chi connectivity index (χ3n) is 3.04. The topological polar surface area (TPSA) is 26.0 Å². The number of anilines is 1. The van der Waals surface area contributed by atoms with Gasteiger partial charge in [-0.15, -0.1) is 11.3 Å². The first-order valence-electron chi connectivity index (χ1n) is 5.28. The summed E-state index contributed by atoms with van der Waals surface area (Å²) in [6.07, 6.45) is 2.16. The van der Waals surface area contributed by atoms with Gasteiger partial charge in [-0.25, -0.2) is 0 Å². The number of nitrogen functional groups attached to an aromatic ring is 1. The van der Waals surface area contributed by atoms with E-state index >= 15 is 0 Å². The van der Waals surface area contributed by atoms with Gasteiger partial charge in [0, 0.05) is 4.88 Å². The lowest BCUT2D eigenvalue weighted by atomic mass is 10.1. The fraction of sp³-hybridized carbons (Fsp3) is 0.231. The largest absolute Gasteiger partial charge is 0.391 e. The molecule has 0 bridgehead atoms. The summed E-state index contributed by atoms with van der Waals surface area (Å²) >= 11 is 1.72. The molecule has 0 radical (unpaired) electrons. The highest BCUT2D eigenvalue weighted by Crippen LogP contribution is 2.43. The molecule has 3 rings (SSSR count). The Hall–Kier alpha value is -1.28. The van der Waals surface area contributed by atoms with Crippen LogP contribution in [0.2, 0.25) is 0 Å². The summed E-state index contributed by atoms with van der Waals surface area (Å²) in [5.41, 5.74) is 11.5. The average Bonchev–Trinajstić information content (AvgIpc) is 2.73. The first kappa shape index (κ1) is 8.98. The van der Waals surface area contributed by atoms with Gasteiger partial charge in [-0.1, -0.05) is 25.1 Å². The fourth-order valence-electron chi connectivity index (χ4n) is 2.22. The maximum atomic E-state index is 5.84. The van der Waals surface area contributed by atoms with Gasteiger partial charge < -0.3 is 5.73 Å². The van der Waals surface area contributed by atoms with Gasteiger partial charge in [-0.3, -0.25) is 0 Å². The number of thiophene rings is 1. The highest BCUT2D eigenvalue weighted by Gasteiger charge is 2.20. The Labute approximate surface area is 93.6 Å². The molecule has 0 spiro atoms. The van der Waals surface area contributed by atoms with Crippen LogP contribution in [0.25, 0.3) is 10.4 Å². The molecule has 1 aromatic carbocycles. The lowest BCUT2D eigenvalue weighted by Crippen LogP contribution is -1.85. The third-order valence-corrected chi connectivity index (χ3v) is 4.08. The summed E-state index contributed by atoms with van der Waals surface area (Å²) in [5, 5.41) is 0.938. The lowest BCUT2D eigenvalue weighted by Gasteiger charge is -2.02. The monoisotopic (exact) mass is 215 g/mol. The number of hydrogen-bond acceptors (Lipinski definition) is 2. The minimum Gasteiger partial charge on any atom is -0.391 e. The van der Waals surface area contributed by atoms with E-state index in [4.69, 9.17) is 5.73 Å². The molecule has 1 heterocycles. The van der Waals surface area contributed by atoms with Crippen molar-refractivity contribution < 1.29 is 0 Å². The van der Waals surface area contributed by atoms with E-state index in [1.165, 1.54) is 27.1 Å². The van der Waals surface area contributed by atoms with Crippen LogP contribution in [-0.2, 0) is 12.8 Å². The first-order chi connectivity index (χ1) is 7.28. The normalized spacial score (nSPS) is 12.6. The molecule has 1 aromatic heterocycles. The third kappa shape index (κ3) is 1.29. The van der Waals surface area contributed by atoms with Crippen LogP contribution < -0.4 is 5.73 Å². The van der Waals surface area contributed by atoms with Crippen LogP contribution >= 0.6 is 11.3 Å². The summed E-state index contributed by atoms with van der Waals surface area (Å²) < 4.78 is 0. The van der Waals surface area contributed by atoms with Crippen molar-refractivity contribution in [1.82, 2.24) is 0 Å². The molecule has 0 amide bonds. The van der Waals surface area contributed by atoms with Gasteiger partial charge in [0.15, 0.2) is 0 Å². The molecule has 0 atom stereocenters. The zero-order chi connectivity index (χ0) is 10.4. The van der Waals surface area contributed by atoms with Crippen molar-refractivity contribution in [3.8, 4) is 10.4 Å². The molecule has 1 aliphatic rings. The SMILES string of the molecule is CCc1ccc2c(c1)-c1sc(N)cc1C2. The molecule has 2 heteroatoms. The standard InChI is InChI=1S/C13H13NS/c1-2-8-3-4-9-6-10-7-12(14)15-13(10)11(9)5-8/h3-5,7H,2,6,14H2,1H3. The summed E-state index contributed by atoms with van der Waals surface area (Å²) in [6.45, 7) is 2.19. The van der Waals surface area contributed by atoms with Crippen LogP contribution in [0.4, 0.5) is 5.00 Å². The van der Waals surface area contributed by atoms with Crippen LogP contribution in [0.3, 0.4) is 0 Å². The Kier molecular flexibility index (Phi) is 1.86. The zero-order valence-corrected chi connectivity index (χ0v) is 9.53. The molecule has 15 heavy (non-hydrogen) atoms. The predicted octanol–water partition coefficient (Wildman–Crippen LogP) is 3.46. The Morgan fingerprint density at radius 3 is 2.93 bits per heavy atom. The highest BCUT2D eigenvalue weighted by atomic mass is 32.1. The van der Waals surface area contributed by atoms with Crippen molar-refractivity contribution in [2.75, 3.05) is 5.73 Å². The molecule has 0 saturated carbocycles. The molecule has 0 aliphatic heterocycles. The van der Waals surface area contributed by atoms with Crippen molar-refractivity contribution in [2.24, 2.45) is 0 Å². The van der Waals surface area contributed by atoms with Crippen molar-refractivity contribution >= 4 is 16.3 Å². The lowest BCUT2D eigenvalue weighted by molar-refractivity contribution is 1.13. The molecular weight excluding hydrogens is 202 g/mol. The number of fused-ring (bicyclic) bond motifs is 3. The second-order valence-corrected chi connectivity index (χ2v) is 5.11. The Morgan fingerprint density at radius 1 is 1.27 bits per heavy atom. The second-order valence-electron chi connectivity index (χ2n) is 4.02. The van der Waals surface area contributed by atoms with E-state index in [9.17, 15) is 0 Å². The van der Waals surface area contributed by atoms with Gasteiger partial charge in [0.2, 0.25) is 0 Å². The number of aryl methyl sites for hydroxylation is 1. The van der Waals surface area contributed by atoms with E-state index in [1.807, 2.05) is 0 Å². The Morgan fingerprint density at radius 2 is 2.13 bits per heavy atom. The van der Waals surface area contributed by atoms with Crippen LogP contribution in [0, 0.1) is 0 Å². The fourth-order valence-corrected chi connectivity index (χ4v) is 3.22. The Balaban J connectivity index is 2.20. The van der Waals surface area contributed by atoms with Crippen molar-refractivity contribution in [3.05, 3.63) is 41.0 Å². The molecule has 1 aliphatic carbocycles. The van der Waals surface area contributed by atoms with E-state index in [0.29, 0.717) is 0 Å². The minimum atomic E-state index is 0.938. The van der Waals surface area contributed by atoms with Gasteiger partial charge in [-0.05, 0) is 41.2 Å². The molecule has 76 valence electrons. The molecule has 0 saturated heterocycles. The zero-order valence-electron chi connectivity index (χ0n) is 8.71. The molecule has 0 unspecified atom stereocenters. The molecule has 1 nitrogen and oxygen atoms in total. The van der Waals surface area contributed by atoms with E-state index < -0.39 is 0 Å². The van der Waals surface area contributed by atoms with Gasteiger partial charge in [0.25, 0.3) is 0 Å².